The lowest BCUT2D eigenvalue weighted by atomic mass is 9.95. The molecule has 11 heteroatoms. The summed E-state index contributed by atoms with van der Waals surface area (Å²) < 4.78 is 30.8. The number of esters is 1. The van der Waals surface area contributed by atoms with Crippen LogP contribution in [-0.2, 0) is 37.2 Å². The first-order valence-electron chi connectivity index (χ1n) is 9.88. The third-order valence-corrected chi connectivity index (χ3v) is 6.94. The van der Waals surface area contributed by atoms with E-state index in [1.807, 2.05) is 0 Å². The van der Waals surface area contributed by atoms with Gasteiger partial charge in [0.15, 0.2) is 6.61 Å². The minimum absolute atomic E-state index is 0.308. The second-order valence-electron chi connectivity index (χ2n) is 7.07. The topological polar surface area (TPSA) is 145 Å². The highest BCUT2D eigenvalue weighted by atomic mass is 32.2. The Morgan fingerprint density at radius 2 is 1.84 bits per heavy atom. The van der Waals surface area contributed by atoms with E-state index in [4.69, 9.17) is 10.5 Å². The lowest BCUT2D eigenvalue weighted by molar-refractivity contribution is -0.146. The number of sulfonamides is 1. The van der Waals surface area contributed by atoms with E-state index >= 15 is 0 Å². The average molecular weight is 478 g/mol. The molecule has 4 N–H and O–H groups in total. The number of primary amides is 1. The maximum atomic E-state index is 12.2. The largest absolute Gasteiger partial charge is 0.455 e. The molecular weight excluding hydrogens is 454 g/mol. The SMILES string of the molecule is NC(=O)c1c(NC(=O)COC(=O)CNS(=O)(=O)/C=C/c2ccccc2)sc2c1CCCC2. The van der Waals surface area contributed by atoms with Crippen LogP contribution in [0.1, 0.15) is 39.2 Å². The van der Waals surface area contributed by atoms with E-state index in [-0.39, 0.29) is 0 Å². The number of nitrogens with two attached hydrogens (primary N) is 1. The molecule has 0 unspecified atom stereocenters. The highest BCUT2D eigenvalue weighted by molar-refractivity contribution is 7.92. The average Bonchev–Trinajstić information content (AvgIpc) is 3.13. The monoisotopic (exact) mass is 477 g/mol. The van der Waals surface area contributed by atoms with Crippen LogP contribution in [0.15, 0.2) is 35.7 Å². The number of nitrogens with one attached hydrogen (secondary N) is 2. The van der Waals surface area contributed by atoms with Crippen LogP contribution in [0.4, 0.5) is 5.00 Å². The van der Waals surface area contributed by atoms with Gasteiger partial charge in [-0.2, -0.15) is 0 Å². The number of hydrogen-bond acceptors (Lipinski definition) is 7. The van der Waals surface area contributed by atoms with E-state index in [0.29, 0.717) is 16.1 Å². The number of anilines is 1. The van der Waals surface area contributed by atoms with Crippen molar-refractivity contribution in [3.8, 4) is 0 Å². The minimum Gasteiger partial charge on any atom is -0.455 e. The Labute approximate surface area is 189 Å². The van der Waals surface area contributed by atoms with Crippen LogP contribution >= 0.6 is 11.3 Å². The van der Waals surface area contributed by atoms with E-state index in [1.165, 1.54) is 17.4 Å². The predicted octanol–water partition coefficient (Wildman–Crippen LogP) is 1.80. The number of carbonyl (C=O) groups excluding carboxylic acids is 3. The molecule has 2 aromatic rings. The molecule has 1 aromatic heterocycles. The van der Waals surface area contributed by atoms with Gasteiger partial charge < -0.3 is 15.8 Å². The first-order valence-corrected chi connectivity index (χ1v) is 12.2. The molecule has 1 aliphatic rings. The summed E-state index contributed by atoms with van der Waals surface area (Å²) in [6.45, 7) is -1.25. The predicted molar refractivity (Wildman–Crippen MR) is 121 cm³/mol. The van der Waals surface area contributed by atoms with Gasteiger partial charge in [-0.25, -0.2) is 13.1 Å². The number of thiophene rings is 1. The van der Waals surface area contributed by atoms with E-state index in [1.54, 1.807) is 30.3 Å². The number of hydrogen-bond donors (Lipinski definition) is 3. The molecule has 32 heavy (non-hydrogen) atoms. The molecule has 9 nitrogen and oxygen atoms in total. The Morgan fingerprint density at radius 1 is 1.12 bits per heavy atom. The van der Waals surface area contributed by atoms with Gasteiger partial charge in [0.1, 0.15) is 11.5 Å². The summed E-state index contributed by atoms with van der Waals surface area (Å²) in [5.74, 6) is -2.18. The molecular formula is C21H23N3O6S2. The summed E-state index contributed by atoms with van der Waals surface area (Å²) >= 11 is 1.30. The molecule has 1 aliphatic carbocycles. The fourth-order valence-electron chi connectivity index (χ4n) is 3.21. The van der Waals surface area contributed by atoms with Crippen molar-refractivity contribution in [3.63, 3.8) is 0 Å². The summed E-state index contributed by atoms with van der Waals surface area (Å²) in [6.07, 6.45) is 4.90. The summed E-state index contributed by atoms with van der Waals surface area (Å²) in [7, 11) is -3.86. The van der Waals surface area contributed by atoms with Crippen molar-refractivity contribution in [2.75, 3.05) is 18.5 Å². The van der Waals surface area contributed by atoms with Crippen LogP contribution in [0, 0.1) is 0 Å². The van der Waals surface area contributed by atoms with Crippen LogP contribution < -0.4 is 15.8 Å². The zero-order valence-electron chi connectivity index (χ0n) is 17.1. The number of amides is 2. The van der Waals surface area contributed by atoms with Crippen LogP contribution in [0.5, 0.6) is 0 Å². The molecule has 0 bridgehead atoms. The van der Waals surface area contributed by atoms with Gasteiger partial charge in [-0.1, -0.05) is 30.3 Å². The number of aryl methyl sites for hydroxylation is 1. The molecule has 0 saturated heterocycles. The van der Waals surface area contributed by atoms with Gasteiger partial charge in [0.05, 0.1) is 5.56 Å². The van der Waals surface area contributed by atoms with Gasteiger partial charge in [0.2, 0.25) is 10.0 Å². The van der Waals surface area contributed by atoms with Crippen molar-refractivity contribution in [2.45, 2.75) is 25.7 Å². The fraction of sp³-hybridized carbons (Fsp3) is 0.286. The highest BCUT2D eigenvalue weighted by Crippen LogP contribution is 2.37. The van der Waals surface area contributed by atoms with Crippen molar-refractivity contribution in [1.82, 2.24) is 4.72 Å². The molecule has 0 atom stereocenters. The Kier molecular flexibility index (Phi) is 7.78. The second-order valence-corrected chi connectivity index (χ2v) is 9.82. The number of benzene rings is 1. The third kappa shape index (κ3) is 6.49. The molecule has 0 radical (unpaired) electrons. The Balaban J connectivity index is 1.49. The van der Waals surface area contributed by atoms with Gasteiger partial charge >= 0.3 is 5.97 Å². The van der Waals surface area contributed by atoms with Crippen molar-refractivity contribution in [2.24, 2.45) is 5.73 Å². The van der Waals surface area contributed by atoms with Gasteiger partial charge in [0, 0.05) is 10.3 Å². The lowest BCUT2D eigenvalue weighted by Crippen LogP contribution is -2.31. The number of fused-ring (bicyclic) bond motifs is 1. The van der Waals surface area contributed by atoms with E-state index in [0.717, 1.165) is 41.5 Å². The van der Waals surface area contributed by atoms with E-state index < -0.39 is 41.0 Å². The normalized spacial score (nSPS) is 13.5. The number of ether oxygens (including phenoxy) is 1. The van der Waals surface area contributed by atoms with Gasteiger partial charge in [0.25, 0.3) is 11.8 Å². The van der Waals surface area contributed by atoms with Crippen molar-refractivity contribution in [1.29, 1.82) is 0 Å². The van der Waals surface area contributed by atoms with Crippen LogP contribution in [0.3, 0.4) is 0 Å². The molecule has 3 rings (SSSR count). The van der Waals surface area contributed by atoms with Gasteiger partial charge in [-0.05, 0) is 42.9 Å². The summed E-state index contributed by atoms with van der Waals surface area (Å²) in [6, 6.07) is 8.79. The van der Waals surface area contributed by atoms with Crippen LogP contribution in [-0.4, -0.2) is 39.4 Å². The quantitative estimate of drug-likeness (QED) is 0.470. The number of rotatable bonds is 9. The summed E-state index contributed by atoms with van der Waals surface area (Å²) in [4.78, 5) is 36.9. The lowest BCUT2D eigenvalue weighted by Gasteiger charge is -2.11. The maximum Gasteiger partial charge on any atom is 0.321 e. The molecule has 170 valence electrons. The number of carbonyl (C=O) groups is 3. The smallest absolute Gasteiger partial charge is 0.321 e. The summed E-state index contributed by atoms with van der Waals surface area (Å²) in [5.41, 5.74) is 7.35. The Morgan fingerprint density at radius 3 is 2.56 bits per heavy atom. The zero-order chi connectivity index (χ0) is 23.1. The molecule has 1 aromatic carbocycles. The van der Waals surface area contributed by atoms with Crippen LogP contribution in [0.25, 0.3) is 6.08 Å². The Hall–Kier alpha value is -3.02. The molecule has 2 amide bonds. The Bertz CT molecular complexity index is 1140. The van der Waals surface area contributed by atoms with E-state index in [2.05, 4.69) is 10.0 Å². The molecule has 0 aliphatic heterocycles. The molecule has 0 saturated carbocycles. The first-order chi connectivity index (χ1) is 15.2. The van der Waals surface area contributed by atoms with Gasteiger partial charge in [-0.3, -0.25) is 14.4 Å². The zero-order valence-corrected chi connectivity index (χ0v) is 18.8. The molecule has 0 spiro atoms. The minimum atomic E-state index is -3.86. The molecule has 1 heterocycles. The summed E-state index contributed by atoms with van der Waals surface area (Å²) in [5, 5.41) is 3.85. The maximum absolute atomic E-state index is 12.2. The van der Waals surface area contributed by atoms with Crippen LogP contribution in [0.2, 0.25) is 0 Å². The van der Waals surface area contributed by atoms with E-state index in [9.17, 15) is 22.8 Å². The first kappa shape index (κ1) is 23.6. The highest BCUT2D eigenvalue weighted by Gasteiger charge is 2.25. The van der Waals surface area contributed by atoms with Crippen molar-refractivity contribution < 1.29 is 27.5 Å². The van der Waals surface area contributed by atoms with Crippen molar-refractivity contribution in [3.05, 3.63) is 57.3 Å². The fourth-order valence-corrected chi connectivity index (χ4v) is 5.28. The van der Waals surface area contributed by atoms with Gasteiger partial charge in [-0.15, -0.1) is 11.3 Å². The molecule has 0 fully saturated rings. The second kappa shape index (κ2) is 10.5. The third-order valence-electron chi connectivity index (χ3n) is 4.69. The van der Waals surface area contributed by atoms with Crippen molar-refractivity contribution >= 4 is 50.2 Å². The standard InChI is InChI=1S/C21H23N3O6S2/c22-20(27)19-15-8-4-5-9-16(15)31-21(19)24-17(25)13-30-18(26)12-23-32(28,29)11-10-14-6-2-1-3-7-14/h1-3,6-7,10-11,23H,4-5,8-9,12-13H2,(H2,22,27)(H,24,25)/b11-10+.